The van der Waals surface area contributed by atoms with Crippen LogP contribution in [0.5, 0.6) is 0 Å². The lowest BCUT2D eigenvalue weighted by molar-refractivity contribution is -0.115. The maximum absolute atomic E-state index is 11.4. The van der Waals surface area contributed by atoms with E-state index in [2.05, 4.69) is 20.6 Å². The van der Waals surface area contributed by atoms with Gasteiger partial charge in [0.2, 0.25) is 0 Å². The van der Waals surface area contributed by atoms with Gasteiger partial charge in [-0.05, 0) is 12.1 Å². The lowest BCUT2D eigenvalue weighted by Crippen LogP contribution is -2.22. The molecule has 84 valence electrons. The summed E-state index contributed by atoms with van der Waals surface area (Å²) in [5.41, 5.74) is 1.95. The fraction of sp³-hybridized carbons (Fsp3) is 0. The monoisotopic (exact) mass is 228 g/mol. The van der Waals surface area contributed by atoms with Crippen molar-refractivity contribution in [1.82, 2.24) is 20.6 Å². The Morgan fingerprint density at radius 3 is 2.88 bits per heavy atom. The van der Waals surface area contributed by atoms with E-state index in [1.807, 2.05) is 6.07 Å². The molecule has 2 aromatic rings. The van der Waals surface area contributed by atoms with Gasteiger partial charge in [-0.1, -0.05) is 0 Å². The van der Waals surface area contributed by atoms with Crippen molar-refractivity contribution in [2.24, 2.45) is 0 Å². The molecule has 3 N–H and O–H groups in total. The Kier molecular flexibility index (Phi) is 1.94. The van der Waals surface area contributed by atoms with Gasteiger partial charge in [-0.25, -0.2) is 4.79 Å². The van der Waals surface area contributed by atoms with Gasteiger partial charge in [-0.15, -0.1) is 0 Å². The van der Waals surface area contributed by atoms with Crippen LogP contribution < -0.4 is 10.6 Å². The van der Waals surface area contributed by atoms with Gasteiger partial charge in [0.25, 0.3) is 5.91 Å². The van der Waals surface area contributed by atoms with E-state index in [1.165, 1.54) is 0 Å². The summed E-state index contributed by atoms with van der Waals surface area (Å²) in [7, 11) is 0. The number of amides is 3. The first-order chi connectivity index (χ1) is 8.24. The van der Waals surface area contributed by atoms with Gasteiger partial charge in [-0.3, -0.25) is 15.1 Å². The number of H-pyrrole nitrogens is 1. The Morgan fingerprint density at radius 2 is 2.12 bits per heavy atom. The molecule has 3 heterocycles. The minimum atomic E-state index is -0.497. The van der Waals surface area contributed by atoms with E-state index in [0.29, 0.717) is 0 Å². The average molecular weight is 228 g/mol. The highest BCUT2D eigenvalue weighted by Crippen LogP contribution is 2.19. The molecule has 6 heteroatoms. The van der Waals surface area contributed by atoms with Crippen LogP contribution in [-0.2, 0) is 4.79 Å². The third-order valence-electron chi connectivity index (χ3n) is 2.53. The number of aromatic amines is 1. The first-order valence-corrected chi connectivity index (χ1v) is 4.99. The Bertz CT molecular complexity index is 656. The van der Waals surface area contributed by atoms with Crippen molar-refractivity contribution < 1.29 is 9.59 Å². The summed E-state index contributed by atoms with van der Waals surface area (Å²) in [6, 6.07) is 1.34. The summed E-state index contributed by atoms with van der Waals surface area (Å²) < 4.78 is 0. The largest absolute Gasteiger partial charge is 0.359 e. The highest BCUT2D eigenvalue weighted by molar-refractivity contribution is 6.14. The molecule has 1 saturated heterocycles. The predicted octanol–water partition coefficient (Wildman–Crippen LogP) is 0.743. The van der Waals surface area contributed by atoms with E-state index in [1.54, 1.807) is 24.7 Å². The second kappa shape index (κ2) is 3.44. The van der Waals surface area contributed by atoms with E-state index < -0.39 is 11.9 Å². The molecule has 0 saturated carbocycles. The third kappa shape index (κ3) is 1.55. The van der Waals surface area contributed by atoms with Gasteiger partial charge in [0.05, 0.1) is 11.7 Å². The summed E-state index contributed by atoms with van der Waals surface area (Å²) in [5, 5.41) is 5.53. The fourth-order valence-corrected chi connectivity index (χ4v) is 1.75. The van der Waals surface area contributed by atoms with Crippen LogP contribution in [0.15, 0.2) is 30.4 Å². The van der Waals surface area contributed by atoms with Crippen LogP contribution in [0.4, 0.5) is 4.79 Å². The van der Waals surface area contributed by atoms with Crippen LogP contribution in [0.3, 0.4) is 0 Å². The summed E-state index contributed by atoms with van der Waals surface area (Å²) in [6.07, 6.45) is 6.76. The Morgan fingerprint density at radius 1 is 1.24 bits per heavy atom. The molecule has 3 amide bonds. The molecule has 3 rings (SSSR count). The molecule has 0 unspecified atom stereocenters. The molecule has 0 spiro atoms. The number of aromatic nitrogens is 2. The van der Waals surface area contributed by atoms with Crippen LogP contribution in [0.2, 0.25) is 0 Å². The number of hydrogen-bond donors (Lipinski definition) is 3. The zero-order valence-electron chi connectivity index (χ0n) is 8.65. The first-order valence-electron chi connectivity index (χ1n) is 4.99. The van der Waals surface area contributed by atoms with Gasteiger partial charge >= 0.3 is 6.03 Å². The maximum atomic E-state index is 11.4. The van der Waals surface area contributed by atoms with Crippen LogP contribution >= 0.6 is 0 Å². The number of fused-ring (bicyclic) bond motifs is 1. The average Bonchev–Trinajstić information content (AvgIpc) is 2.85. The first kappa shape index (κ1) is 9.59. The molecule has 0 aromatic carbocycles. The number of pyridine rings is 1. The van der Waals surface area contributed by atoms with Crippen molar-refractivity contribution in [2.45, 2.75) is 0 Å². The lowest BCUT2D eigenvalue weighted by atomic mass is 10.2. The van der Waals surface area contributed by atoms with Gasteiger partial charge in [0.1, 0.15) is 5.70 Å². The van der Waals surface area contributed by atoms with Crippen molar-refractivity contribution in [2.75, 3.05) is 0 Å². The van der Waals surface area contributed by atoms with E-state index in [4.69, 9.17) is 0 Å². The molecular weight excluding hydrogens is 220 g/mol. The summed E-state index contributed by atoms with van der Waals surface area (Å²) in [5.74, 6) is -0.418. The normalized spacial score (nSPS) is 17.5. The number of hydrogen-bond acceptors (Lipinski definition) is 3. The maximum Gasteiger partial charge on any atom is 0.326 e. The van der Waals surface area contributed by atoms with E-state index in [-0.39, 0.29) is 5.70 Å². The van der Waals surface area contributed by atoms with E-state index in [9.17, 15) is 9.59 Å². The van der Waals surface area contributed by atoms with Gasteiger partial charge < -0.3 is 10.3 Å². The standard InChI is InChI=1S/C11H8N4O2/c16-10-8(14-11(17)15-10)3-6-4-13-9-5-12-2-1-7(6)9/h1-5,13H,(H2,14,15,16,17)/b8-3-. The molecule has 1 aliphatic rings. The summed E-state index contributed by atoms with van der Waals surface area (Å²) in [6.45, 7) is 0. The Hall–Kier alpha value is -2.63. The number of carbonyl (C=O) groups excluding carboxylic acids is 2. The predicted molar refractivity (Wildman–Crippen MR) is 60.7 cm³/mol. The van der Waals surface area contributed by atoms with Gasteiger partial charge in [0.15, 0.2) is 0 Å². The summed E-state index contributed by atoms with van der Waals surface area (Å²) in [4.78, 5) is 29.3. The minimum Gasteiger partial charge on any atom is -0.359 e. The minimum absolute atomic E-state index is 0.243. The second-order valence-corrected chi connectivity index (χ2v) is 3.63. The number of urea groups is 1. The van der Waals surface area contributed by atoms with Gasteiger partial charge in [-0.2, -0.15) is 0 Å². The number of rotatable bonds is 1. The molecule has 1 fully saturated rings. The smallest absolute Gasteiger partial charge is 0.326 e. The van der Waals surface area contributed by atoms with E-state index >= 15 is 0 Å². The van der Waals surface area contributed by atoms with Crippen molar-refractivity contribution in [3.63, 3.8) is 0 Å². The third-order valence-corrected chi connectivity index (χ3v) is 2.53. The second-order valence-electron chi connectivity index (χ2n) is 3.63. The van der Waals surface area contributed by atoms with Crippen LogP contribution in [0, 0.1) is 0 Å². The quantitative estimate of drug-likeness (QED) is 0.497. The van der Waals surface area contributed by atoms with Crippen LogP contribution in [0.1, 0.15) is 5.56 Å². The molecule has 0 aliphatic carbocycles. The number of nitrogens with zero attached hydrogens (tertiary/aromatic N) is 1. The van der Waals surface area contributed by atoms with Crippen LogP contribution in [-0.4, -0.2) is 21.9 Å². The Balaban J connectivity index is 2.08. The zero-order valence-corrected chi connectivity index (χ0v) is 8.65. The van der Waals surface area contributed by atoms with Crippen molar-refractivity contribution in [3.05, 3.63) is 35.9 Å². The lowest BCUT2D eigenvalue weighted by Gasteiger charge is -1.93. The molecule has 6 nitrogen and oxygen atoms in total. The number of carbonyl (C=O) groups is 2. The molecule has 0 radical (unpaired) electrons. The summed E-state index contributed by atoms with van der Waals surface area (Å²) >= 11 is 0. The molecular formula is C11H8N4O2. The highest BCUT2D eigenvalue weighted by Gasteiger charge is 2.22. The van der Waals surface area contributed by atoms with E-state index in [0.717, 1.165) is 16.5 Å². The SMILES string of the molecule is O=C1NC(=O)/C(=C/c2c[nH]c3cnccc23)N1. The van der Waals surface area contributed by atoms with Crippen LogP contribution in [0.25, 0.3) is 17.0 Å². The molecule has 1 aliphatic heterocycles. The zero-order chi connectivity index (χ0) is 11.8. The fourth-order valence-electron chi connectivity index (χ4n) is 1.75. The molecule has 0 atom stereocenters. The molecule has 0 bridgehead atoms. The van der Waals surface area contributed by atoms with Crippen molar-refractivity contribution in [1.29, 1.82) is 0 Å². The number of imide groups is 1. The number of nitrogens with one attached hydrogen (secondary N) is 3. The van der Waals surface area contributed by atoms with Gasteiger partial charge in [0, 0.05) is 23.3 Å². The topological polar surface area (TPSA) is 86.9 Å². The molecule has 2 aromatic heterocycles. The van der Waals surface area contributed by atoms with Crippen molar-refractivity contribution in [3.8, 4) is 0 Å². The molecule has 17 heavy (non-hydrogen) atoms. The highest BCUT2D eigenvalue weighted by atomic mass is 16.2. The Labute approximate surface area is 95.7 Å². The van der Waals surface area contributed by atoms with Crippen molar-refractivity contribution >= 4 is 28.9 Å².